The lowest BCUT2D eigenvalue weighted by Crippen LogP contribution is -2.23. The Kier molecular flexibility index (Phi) is 3.13. The Morgan fingerprint density at radius 2 is 2.05 bits per heavy atom. The molecule has 3 aromatic heterocycles. The molecule has 3 aromatic rings. The number of carbonyl (C=O) groups is 1. The van der Waals surface area contributed by atoms with E-state index in [2.05, 4.69) is 15.0 Å². The van der Waals surface area contributed by atoms with Gasteiger partial charge in [0.05, 0.1) is 18.1 Å². The van der Waals surface area contributed by atoms with Gasteiger partial charge in [-0.2, -0.15) is 0 Å². The second-order valence-electron chi connectivity index (χ2n) is 5.01. The predicted molar refractivity (Wildman–Crippen MR) is 79.8 cm³/mol. The fourth-order valence-electron chi connectivity index (χ4n) is 2.22. The van der Waals surface area contributed by atoms with Crippen LogP contribution in [0.3, 0.4) is 0 Å². The van der Waals surface area contributed by atoms with Crippen LogP contribution in [0.15, 0.2) is 36.9 Å². The fourth-order valence-corrected chi connectivity index (χ4v) is 2.22. The zero-order valence-corrected chi connectivity index (χ0v) is 12.1. The number of rotatable bonds is 2. The van der Waals surface area contributed by atoms with Crippen molar-refractivity contribution in [2.24, 2.45) is 7.05 Å². The minimum absolute atomic E-state index is 0.164. The van der Waals surface area contributed by atoms with Crippen LogP contribution in [0.2, 0.25) is 0 Å². The van der Waals surface area contributed by atoms with E-state index in [0.29, 0.717) is 11.4 Å². The normalized spacial score (nSPS) is 10.8. The molecule has 106 valence electrons. The number of nitrogens with zero attached hydrogens (tertiary/aromatic N) is 5. The van der Waals surface area contributed by atoms with Crippen LogP contribution >= 0.6 is 0 Å². The Morgan fingerprint density at radius 3 is 2.81 bits per heavy atom. The van der Waals surface area contributed by atoms with Crippen molar-refractivity contribution >= 4 is 16.9 Å². The summed E-state index contributed by atoms with van der Waals surface area (Å²) in [6.07, 6.45) is 6.83. The summed E-state index contributed by atoms with van der Waals surface area (Å²) in [6.45, 7) is 0. The molecule has 0 aromatic carbocycles. The van der Waals surface area contributed by atoms with Gasteiger partial charge in [0.25, 0.3) is 5.91 Å². The van der Waals surface area contributed by atoms with Gasteiger partial charge < -0.3 is 9.47 Å². The molecule has 0 spiro atoms. The van der Waals surface area contributed by atoms with E-state index in [1.807, 2.05) is 29.9 Å². The maximum atomic E-state index is 12.0. The number of fused-ring (bicyclic) bond motifs is 1. The van der Waals surface area contributed by atoms with Crippen molar-refractivity contribution in [2.75, 3.05) is 14.1 Å². The van der Waals surface area contributed by atoms with Crippen molar-refractivity contribution in [1.29, 1.82) is 0 Å². The summed E-state index contributed by atoms with van der Waals surface area (Å²) in [5.41, 5.74) is 2.79. The summed E-state index contributed by atoms with van der Waals surface area (Å²) in [6, 6.07) is 3.87. The molecule has 0 N–H and O–H groups in total. The highest BCUT2D eigenvalue weighted by Gasteiger charge is 2.13. The van der Waals surface area contributed by atoms with Gasteiger partial charge in [-0.1, -0.05) is 0 Å². The van der Waals surface area contributed by atoms with Crippen molar-refractivity contribution in [2.45, 2.75) is 0 Å². The summed E-state index contributed by atoms with van der Waals surface area (Å²) in [4.78, 5) is 26.4. The zero-order valence-electron chi connectivity index (χ0n) is 12.1. The number of aryl methyl sites for hydroxylation is 1. The molecule has 0 radical (unpaired) electrons. The van der Waals surface area contributed by atoms with Gasteiger partial charge in [-0.15, -0.1) is 0 Å². The number of hydrogen-bond donors (Lipinski definition) is 0. The first-order valence-corrected chi connectivity index (χ1v) is 6.52. The monoisotopic (exact) mass is 281 g/mol. The predicted octanol–water partition coefficient (Wildman–Crippen LogP) is 1.73. The third kappa shape index (κ3) is 2.24. The molecule has 0 aliphatic rings. The molecule has 0 aliphatic heterocycles. The molecule has 6 heteroatoms. The summed E-state index contributed by atoms with van der Waals surface area (Å²) >= 11 is 0. The molecule has 0 saturated heterocycles. The molecule has 0 atom stereocenters. The lowest BCUT2D eigenvalue weighted by molar-refractivity contribution is 0.0821. The molecule has 0 unspecified atom stereocenters. The molecule has 6 nitrogen and oxygen atoms in total. The number of pyridine rings is 1. The molecule has 0 saturated carbocycles. The summed E-state index contributed by atoms with van der Waals surface area (Å²) in [5.74, 6) is -0.164. The average Bonchev–Trinajstić information content (AvgIpc) is 2.88. The van der Waals surface area contributed by atoms with E-state index in [4.69, 9.17) is 0 Å². The van der Waals surface area contributed by atoms with Crippen LogP contribution in [0.25, 0.3) is 22.3 Å². The van der Waals surface area contributed by atoms with Gasteiger partial charge in [-0.3, -0.25) is 9.78 Å². The minimum Gasteiger partial charge on any atom is -0.343 e. The van der Waals surface area contributed by atoms with Gasteiger partial charge in [0.2, 0.25) is 0 Å². The maximum Gasteiger partial charge on any atom is 0.273 e. The van der Waals surface area contributed by atoms with Crippen LogP contribution in [0, 0.1) is 0 Å². The third-order valence-corrected chi connectivity index (χ3v) is 3.30. The van der Waals surface area contributed by atoms with Crippen molar-refractivity contribution in [3.63, 3.8) is 0 Å². The first kappa shape index (κ1) is 13.2. The first-order chi connectivity index (χ1) is 10.1. The topological polar surface area (TPSA) is 63.9 Å². The van der Waals surface area contributed by atoms with Crippen LogP contribution in [0.4, 0.5) is 0 Å². The highest BCUT2D eigenvalue weighted by molar-refractivity contribution is 5.94. The highest BCUT2D eigenvalue weighted by Crippen LogP contribution is 2.26. The number of aromatic nitrogens is 4. The highest BCUT2D eigenvalue weighted by atomic mass is 16.2. The van der Waals surface area contributed by atoms with Gasteiger partial charge in [-0.05, 0) is 12.1 Å². The van der Waals surface area contributed by atoms with Gasteiger partial charge in [0.15, 0.2) is 0 Å². The molecular weight excluding hydrogens is 266 g/mol. The first-order valence-electron chi connectivity index (χ1n) is 6.52. The number of amides is 1. The van der Waals surface area contributed by atoms with E-state index in [-0.39, 0.29) is 5.91 Å². The fraction of sp³-hybridized carbons (Fsp3) is 0.200. The number of carbonyl (C=O) groups excluding carboxylic acids is 1. The second kappa shape index (κ2) is 4.97. The molecule has 21 heavy (non-hydrogen) atoms. The van der Waals surface area contributed by atoms with Gasteiger partial charge in [-0.25, -0.2) is 9.97 Å². The minimum atomic E-state index is -0.164. The van der Waals surface area contributed by atoms with Gasteiger partial charge >= 0.3 is 0 Å². The van der Waals surface area contributed by atoms with Gasteiger partial charge in [0.1, 0.15) is 11.3 Å². The Labute approximate surface area is 122 Å². The second-order valence-corrected chi connectivity index (χ2v) is 5.01. The summed E-state index contributed by atoms with van der Waals surface area (Å²) in [5, 5.41) is 0.990. The standard InChI is InChI=1S/C15H15N5O/c1-19(2)15(21)13-9-16-8-12(18-13)10-4-6-17-14-11(10)5-7-20(14)3/h4-9H,1-3H3. The van der Waals surface area contributed by atoms with Crippen LogP contribution in [0.5, 0.6) is 0 Å². The Balaban J connectivity index is 2.15. The van der Waals surface area contributed by atoms with E-state index in [1.54, 1.807) is 26.5 Å². The van der Waals surface area contributed by atoms with Crippen molar-refractivity contribution in [1.82, 2.24) is 24.4 Å². The summed E-state index contributed by atoms with van der Waals surface area (Å²) in [7, 11) is 5.33. The quantitative estimate of drug-likeness (QED) is 0.717. The SMILES string of the molecule is CN(C)C(=O)c1cncc(-c2ccnc3c2ccn3C)n1. The van der Waals surface area contributed by atoms with Crippen LogP contribution in [-0.2, 0) is 7.05 Å². The molecular formula is C15H15N5O. The molecule has 3 rings (SSSR count). The number of hydrogen-bond acceptors (Lipinski definition) is 4. The average molecular weight is 281 g/mol. The van der Waals surface area contributed by atoms with Crippen LogP contribution in [-0.4, -0.2) is 44.4 Å². The molecule has 0 aliphatic carbocycles. The third-order valence-electron chi connectivity index (χ3n) is 3.30. The smallest absolute Gasteiger partial charge is 0.273 e. The van der Waals surface area contributed by atoms with E-state index >= 15 is 0 Å². The molecule has 0 fully saturated rings. The lowest BCUT2D eigenvalue weighted by atomic mass is 10.1. The van der Waals surface area contributed by atoms with Crippen molar-refractivity contribution in [3.05, 3.63) is 42.6 Å². The molecule has 1 amide bonds. The zero-order chi connectivity index (χ0) is 15.0. The van der Waals surface area contributed by atoms with Gasteiger partial charge in [0, 0.05) is 44.5 Å². The van der Waals surface area contributed by atoms with E-state index in [9.17, 15) is 4.79 Å². The largest absolute Gasteiger partial charge is 0.343 e. The molecule has 0 bridgehead atoms. The van der Waals surface area contributed by atoms with Crippen LogP contribution in [0.1, 0.15) is 10.5 Å². The van der Waals surface area contributed by atoms with E-state index in [1.165, 1.54) is 11.1 Å². The lowest BCUT2D eigenvalue weighted by Gasteiger charge is -2.10. The molecule has 3 heterocycles. The maximum absolute atomic E-state index is 12.0. The Hall–Kier alpha value is -2.76. The van der Waals surface area contributed by atoms with E-state index < -0.39 is 0 Å². The van der Waals surface area contributed by atoms with E-state index in [0.717, 1.165) is 16.6 Å². The van der Waals surface area contributed by atoms with Crippen LogP contribution < -0.4 is 0 Å². The Bertz CT molecular complexity index is 822. The van der Waals surface area contributed by atoms with Crippen molar-refractivity contribution in [3.8, 4) is 11.3 Å². The Morgan fingerprint density at radius 1 is 1.24 bits per heavy atom. The summed E-state index contributed by atoms with van der Waals surface area (Å²) < 4.78 is 1.95. The van der Waals surface area contributed by atoms with Crippen molar-refractivity contribution < 1.29 is 4.79 Å².